The fraction of sp³-hybridized carbons (Fsp3) is 0.769. The molecule has 1 aliphatic rings. The summed E-state index contributed by atoms with van der Waals surface area (Å²) in [6, 6.07) is 0.704. The summed E-state index contributed by atoms with van der Waals surface area (Å²) in [5.74, 6) is 2.07. The molecule has 1 fully saturated rings. The monoisotopic (exact) mass is 265 g/mol. The van der Waals surface area contributed by atoms with Crippen LogP contribution in [0.3, 0.4) is 0 Å². The van der Waals surface area contributed by atoms with E-state index in [-0.39, 0.29) is 5.95 Å². The molecule has 2 rings (SSSR count). The third-order valence-electron chi connectivity index (χ3n) is 3.75. The van der Waals surface area contributed by atoms with Crippen LogP contribution >= 0.6 is 0 Å². The SMILES string of the molecule is CCOc1nc(N)nc(N2CC(C)CC(C)C2C)n1. The van der Waals surface area contributed by atoms with Crippen LogP contribution in [0.15, 0.2) is 0 Å². The van der Waals surface area contributed by atoms with E-state index < -0.39 is 0 Å². The highest BCUT2D eigenvalue weighted by molar-refractivity contribution is 5.38. The van der Waals surface area contributed by atoms with E-state index >= 15 is 0 Å². The molecule has 0 amide bonds. The van der Waals surface area contributed by atoms with E-state index in [0.717, 1.165) is 6.54 Å². The molecule has 2 heterocycles. The van der Waals surface area contributed by atoms with Crippen LogP contribution in [0.1, 0.15) is 34.1 Å². The van der Waals surface area contributed by atoms with Crippen LogP contribution in [-0.2, 0) is 0 Å². The van der Waals surface area contributed by atoms with Crippen molar-refractivity contribution in [1.82, 2.24) is 15.0 Å². The van der Waals surface area contributed by atoms with Gasteiger partial charge in [0, 0.05) is 12.6 Å². The summed E-state index contributed by atoms with van der Waals surface area (Å²) in [6.45, 7) is 10.1. The zero-order valence-electron chi connectivity index (χ0n) is 12.1. The lowest BCUT2D eigenvalue weighted by Crippen LogP contribution is -2.46. The number of nitrogens with zero attached hydrogens (tertiary/aromatic N) is 4. The topological polar surface area (TPSA) is 77.2 Å². The van der Waals surface area contributed by atoms with Crippen LogP contribution in [-0.4, -0.2) is 34.1 Å². The smallest absolute Gasteiger partial charge is 0.323 e. The second kappa shape index (κ2) is 5.59. The number of hydrogen-bond donors (Lipinski definition) is 1. The van der Waals surface area contributed by atoms with Crippen LogP contribution in [0.4, 0.5) is 11.9 Å². The summed E-state index contributed by atoms with van der Waals surface area (Å²) in [7, 11) is 0. The number of hydrogen-bond acceptors (Lipinski definition) is 6. The van der Waals surface area contributed by atoms with Crippen molar-refractivity contribution in [2.75, 3.05) is 23.8 Å². The van der Waals surface area contributed by atoms with E-state index in [4.69, 9.17) is 10.5 Å². The van der Waals surface area contributed by atoms with Crippen molar-refractivity contribution in [1.29, 1.82) is 0 Å². The van der Waals surface area contributed by atoms with Gasteiger partial charge in [0.2, 0.25) is 11.9 Å². The zero-order valence-corrected chi connectivity index (χ0v) is 12.1. The van der Waals surface area contributed by atoms with Gasteiger partial charge < -0.3 is 15.4 Å². The number of anilines is 2. The van der Waals surface area contributed by atoms with E-state index in [1.165, 1.54) is 6.42 Å². The Hall–Kier alpha value is -1.59. The second-order valence-corrected chi connectivity index (χ2v) is 5.42. The van der Waals surface area contributed by atoms with Gasteiger partial charge in [-0.25, -0.2) is 0 Å². The first-order chi connectivity index (χ1) is 9.01. The van der Waals surface area contributed by atoms with Gasteiger partial charge in [-0.2, -0.15) is 15.0 Å². The second-order valence-electron chi connectivity index (χ2n) is 5.42. The first kappa shape index (κ1) is 13.8. The molecule has 0 spiro atoms. The molecule has 0 bridgehead atoms. The Labute approximate surface area is 114 Å². The number of rotatable bonds is 3. The maximum Gasteiger partial charge on any atom is 0.323 e. The molecule has 0 aromatic carbocycles. The fourth-order valence-corrected chi connectivity index (χ4v) is 2.66. The lowest BCUT2D eigenvalue weighted by atomic mass is 9.86. The van der Waals surface area contributed by atoms with Crippen molar-refractivity contribution < 1.29 is 4.74 Å². The summed E-state index contributed by atoms with van der Waals surface area (Å²) < 4.78 is 5.34. The van der Waals surface area contributed by atoms with Crippen molar-refractivity contribution >= 4 is 11.9 Å². The molecule has 19 heavy (non-hydrogen) atoms. The lowest BCUT2D eigenvalue weighted by molar-refractivity contribution is 0.288. The third-order valence-corrected chi connectivity index (χ3v) is 3.75. The van der Waals surface area contributed by atoms with Crippen molar-refractivity contribution in [3.63, 3.8) is 0 Å². The highest BCUT2D eigenvalue weighted by atomic mass is 16.5. The largest absolute Gasteiger partial charge is 0.464 e. The molecule has 106 valence electrons. The van der Waals surface area contributed by atoms with Crippen molar-refractivity contribution in [2.45, 2.75) is 40.2 Å². The minimum absolute atomic E-state index is 0.214. The lowest BCUT2D eigenvalue weighted by Gasteiger charge is -2.41. The number of aromatic nitrogens is 3. The molecule has 1 aromatic rings. The van der Waals surface area contributed by atoms with Gasteiger partial charge in [-0.1, -0.05) is 13.8 Å². The first-order valence-electron chi connectivity index (χ1n) is 6.92. The van der Waals surface area contributed by atoms with E-state index in [2.05, 4.69) is 40.6 Å². The molecular formula is C13H23N5O. The summed E-state index contributed by atoms with van der Waals surface area (Å²) in [4.78, 5) is 14.8. The summed E-state index contributed by atoms with van der Waals surface area (Å²) in [5, 5.41) is 0. The molecule has 1 aromatic heterocycles. The van der Waals surface area contributed by atoms with E-state index in [0.29, 0.717) is 36.4 Å². The minimum atomic E-state index is 0.214. The zero-order chi connectivity index (χ0) is 14.0. The Morgan fingerprint density at radius 1 is 1.26 bits per heavy atom. The Morgan fingerprint density at radius 2 is 2.00 bits per heavy atom. The third kappa shape index (κ3) is 3.05. The molecule has 1 saturated heterocycles. The van der Waals surface area contributed by atoms with Gasteiger partial charge in [0.05, 0.1) is 6.61 Å². The molecule has 6 nitrogen and oxygen atoms in total. The molecule has 6 heteroatoms. The first-order valence-corrected chi connectivity index (χ1v) is 6.92. The van der Waals surface area contributed by atoms with Crippen LogP contribution < -0.4 is 15.4 Å². The van der Waals surface area contributed by atoms with E-state index in [9.17, 15) is 0 Å². The van der Waals surface area contributed by atoms with Gasteiger partial charge in [0.1, 0.15) is 0 Å². The maximum absolute atomic E-state index is 5.74. The quantitative estimate of drug-likeness (QED) is 0.896. The molecule has 0 radical (unpaired) electrons. The predicted octanol–water partition coefficient (Wildman–Crippen LogP) is 1.72. The van der Waals surface area contributed by atoms with Gasteiger partial charge in [-0.3, -0.25) is 0 Å². The van der Waals surface area contributed by atoms with Crippen molar-refractivity contribution in [2.24, 2.45) is 11.8 Å². The predicted molar refractivity (Wildman–Crippen MR) is 75.2 cm³/mol. The molecule has 3 atom stereocenters. The number of nitrogen functional groups attached to an aromatic ring is 1. The Bertz CT molecular complexity index is 439. The van der Waals surface area contributed by atoms with Crippen molar-refractivity contribution in [3.05, 3.63) is 0 Å². The standard InChI is InChI=1S/C13H23N5O/c1-5-19-13-16-11(14)15-12(17-13)18-7-8(2)6-9(3)10(18)4/h8-10H,5-7H2,1-4H3,(H2,14,15,16,17). The minimum Gasteiger partial charge on any atom is -0.464 e. The van der Waals surface area contributed by atoms with Crippen LogP contribution in [0.5, 0.6) is 6.01 Å². The maximum atomic E-state index is 5.74. The van der Waals surface area contributed by atoms with Gasteiger partial charge in [0.15, 0.2) is 0 Å². The molecule has 0 aliphatic carbocycles. The average molecular weight is 265 g/mol. The van der Waals surface area contributed by atoms with Crippen LogP contribution in [0.25, 0.3) is 0 Å². The Balaban J connectivity index is 2.28. The Morgan fingerprint density at radius 3 is 2.68 bits per heavy atom. The molecule has 1 aliphatic heterocycles. The van der Waals surface area contributed by atoms with Gasteiger partial charge in [-0.15, -0.1) is 0 Å². The fourth-order valence-electron chi connectivity index (χ4n) is 2.66. The highest BCUT2D eigenvalue weighted by Gasteiger charge is 2.30. The van der Waals surface area contributed by atoms with Crippen molar-refractivity contribution in [3.8, 4) is 6.01 Å². The molecule has 2 N–H and O–H groups in total. The van der Waals surface area contributed by atoms with Crippen LogP contribution in [0.2, 0.25) is 0 Å². The molecule has 0 saturated carbocycles. The summed E-state index contributed by atoms with van der Waals surface area (Å²) in [5.41, 5.74) is 5.74. The molecule has 3 unspecified atom stereocenters. The van der Waals surface area contributed by atoms with Crippen LogP contribution in [0, 0.1) is 11.8 Å². The average Bonchev–Trinajstić information content (AvgIpc) is 2.33. The molecular weight excluding hydrogens is 242 g/mol. The van der Waals surface area contributed by atoms with Gasteiger partial charge in [0.25, 0.3) is 0 Å². The number of piperidine rings is 1. The Kier molecular flexibility index (Phi) is 4.07. The summed E-state index contributed by atoms with van der Waals surface area (Å²) >= 11 is 0. The van der Waals surface area contributed by atoms with E-state index in [1.807, 2.05) is 6.92 Å². The normalized spacial score (nSPS) is 27.4. The highest BCUT2D eigenvalue weighted by Crippen LogP contribution is 2.30. The van der Waals surface area contributed by atoms with Gasteiger partial charge >= 0.3 is 6.01 Å². The summed E-state index contributed by atoms with van der Waals surface area (Å²) in [6.07, 6.45) is 1.23. The number of nitrogens with two attached hydrogens (primary N) is 1. The van der Waals surface area contributed by atoms with E-state index in [1.54, 1.807) is 0 Å². The van der Waals surface area contributed by atoms with Gasteiger partial charge in [-0.05, 0) is 32.1 Å². The number of ether oxygens (including phenoxy) is 1.